The van der Waals surface area contributed by atoms with Crippen molar-refractivity contribution in [2.75, 3.05) is 0 Å². The lowest BCUT2D eigenvalue weighted by Crippen LogP contribution is -2.03. The first kappa shape index (κ1) is 15.7. The van der Waals surface area contributed by atoms with Gasteiger partial charge in [-0.25, -0.2) is 0 Å². The largest absolute Gasteiger partial charge is 0.0622 e. The van der Waals surface area contributed by atoms with Gasteiger partial charge >= 0.3 is 0 Å². The number of hydrogen-bond donors (Lipinski definition) is 0. The number of rotatable bonds is 5. The topological polar surface area (TPSA) is 0 Å². The summed E-state index contributed by atoms with van der Waals surface area (Å²) in [6.45, 7) is 0. The molecule has 0 aromatic heterocycles. The third kappa shape index (κ3) is 3.64. The van der Waals surface area contributed by atoms with Gasteiger partial charge in [0.05, 0.1) is 0 Å². The second-order valence-electron chi connectivity index (χ2n) is 6.59. The van der Waals surface area contributed by atoms with Crippen LogP contribution >= 0.6 is 0 Å². The van der Waals surface area contributed by atoms with E-state index in [1.54, 1.807) is 0 Å². The van der Waals surface area contributed by atoms with Crippen LogP contribution in [0, 0.1) is 0 Å². The Balaban J connectivity index is 1.68. The van der Waals surface area contributed by atoms with Gasteiger partial charge in [0.15, 0.2) is 0 Å². The summed E-state index contributed by atoms with van der Waals surface area (Å²) < 4.78 is 0. The Morgan fingerprint density at radius 3 is 1.92 bits per heavy atom. The molecular weight excluding hydrogens is 300 g/mol. The third-order valence-electron chi connectivity index (χ3n) is 4.94. The average Bonchev–Trinajstić information content (AvgIpc) is 2.70. The van der Waals surface area contributed by atoms with E-state index < -0.39 is 0 Å². The van der Waals surface area contributed by atoms with E-state index in [1.807, 2.05) is 0 Å². The smallest absolute Gasteiger partial charge is 0.00927 e. The zero-order valence-electron chi connectivity index (χ0n) is 14.3. The highest BCUT2D eigenvalue weighted by atomic mass is 14.2. The minimum absolute atomic E-state index is 0.422. The van der Waals surface area contributed by atoms with Crippen molar-refractivity contribution in [1.29, 1.82) is 0 Å². The summed E-state index contributed by atoms with van der Waals surface area (Å²) in [4.78, 5) is 0. The maximum Gasteiger partial charge on any atom is 0.00927 e. The SMILES string of the molecule is c1ccc(CCC(c2ccccc2)c2ccc3ccccc3c2)cc1. The summed E-state index contributed by atoms with van der Waals surface area (Å²) in [6, 6.07) is 37.2. The Kier molecular flexibility index (Phi) is 4.61. The molecule has 0 radical (unpaired) electrons. The van der Waals surface area contributed by atoms with E-state index in [-0.39, 0.29) is 0 Å². The van der Waals surface area contributed by atoms with Crippen molar-refractivity contribution in [2.24, 2.45) is 0 Å². The highest BCUT2D eigenvalue weighted by Crippen LogP contribution is 2.31. The van der Waals surface area contributed by atoms with Crippen LogP contribution in [0.5, 0.6) is 0 Å². The van der Waals surface area contributed by atoms with Gasteiger partial charge in [-0.15, -0.1) is 0 Å². The predicted octanol–water partition coefficient (Wildman–Crippen LogP) is 6.60. The predicted molar refractivity (Wildman–Crippen MR) is 107 cm³/mol. The summed E-state index contributed by atoms with van der Waals surface area (Å²) in [5.41, 5.74) is 4.21. The van der Waals surface area contributed by atoms with E-state index in [0.717, 1.165) is 12.8 Å². The average molecular weight is 322 g/mol. The molecular formula is C25H22. The van der Waals surface area contributed by atoms with Crippen molar-refractivity contribution in [1.82, 2.24) is 0 Å². The van der Waals surface area contributed by atoms with E-state index in [2.05, 4.69) is 103 Å². The molecule has 0 N–H and O–H groups in total. The minimum Gasteiger partial charge on any atom is -0.0622 e. The summed E-state index contributed by atoms with van der Waals surface area (Å²) in [5, 5.41) is 2.63. The summed E-state index contributed by atoms with van der Waals surface area (Å²) >= 11 is 0. The Bertz CT molecular complexity index is 939. The molecule has 0 fully saturated rings. The van der Waals surface area contributed by atoms with Crippen LogP contribution in [0.15, 0.2) is 103 Å². The Morgan fingerprint density at radius 2 is 1.16 bits per heavy atom. The number of aryl methyl sites for hydroxylation is 1. The van der Waals surface area contributed by atoms with E-state index in [4.69, 9.17) is 0 Å². The third-order valence-corrected chi connectivity index (χ3v) is 4.94. The zero-order valence-corrected chi connectivity index (χ0v) is 14.3. The van der Waals surface area contributed by atoms with Gasteiger partial charge in [-0.2, -0.15) is 0 Å². The molecule has 1 unspecified atom stereocenters. The first-order chi connectivity index (χ1) is 12.4. The maximum atomic E-state index is 2.36. The lowest BCUT2D eigenvalue weighted by atomic mass is 9.85. The molecule has 0 saturated carbocycles. The van der Waals surface area contributed by atoms with Gasteiger partial charge in [0.2, 0.25) is 0 Å². The van der Waals surface area contributed by atoms with Crippen LogP contribution in [0.25, 0.3) is 10.8 Å². The van der Waals surface area contributed by atoms with Crippen LogP contribution in [-0.2, 0) is 6.42 Å². The molecule has 0 heteroatoms. The van der Waals surface area contributed by atoms with Gasteiger partial charge in [-0.05, 0) is 40.3 Å². The highest BCUT2D eigenvalue weighted by Gasteiger charge is 2.14. The molecule has 25 heavy (non-hydrogen) atoms. The Hall–Kier alpha value is -2.86. The lowest BCUT2D eigenvalue weighted by molar-refractivity contribution is 0.716. The fraction of sp³-hybridized carbons (Fsp3) is 0.120. The van der Waals surface area contributed by atoms with Crippen LogP contribution in [0.4, 0.5) is 0 Å². The zero-order chi connectivity index (χ0) is 16.9. The van der Waals surface area contributed by atoms with Gasteiger partial charge in [-0.3, -0.25) is 0 Å². The minimum atomic E-state index is 0.422. The van der Waals surface area contributed by atoms with Crippen molar-refractivity contribution in [3.63, 3.8) is 0 Å². The first-order valence-electron chi connectivity index (χ1n) is 8.98. The highest BCUT2D eigenvalue weighted by molar-refractivity contribution is 5.83. The molecule has 0 aliphatic carbocycles. The molecule has 0 bridgehead atoms. The molecule has 0 aliphatic heterocycles. The number of fused-ring (bicyclic) bond motifs is 1. The summed E-state index contributed by atoms with van der Waals surface area (Å²) in [7, 11) is 0. The Labute approximate surface area is 149 Å². The van der Waals surface area contributed by atoms with Crippen LogP contribution in [0.1, 0.15) is 29.0 Å². The number of benzene rings is 4. The standard InChI is InChI=1S/C25H22/c1-3-9-20(10-4-1)15-18-25(22-12-5-2-6-13-22)24-17-16-21-11-7-8-14-23(21)19-24/h1-14,16-17,19,25H,15,18H2. The van der Waals surface area contributed by atoms with E-state index >= 15 is 0 Å². The summed E-state index contributed by atoms with van der Waals surface area (Å²) in [6.07, 6.45) is 2.21. The quantitative estimate of drug-likeness (QED) is 0.388. The van der Waals surface area contributed by atoms with Crippen molar-refractivity contribution in [2.45, 2.75) is 18.8 Å². The van der Waals surface area contributed by atoms with Crippen LogP contribution in [0.3, 0.4) is 0 Å². The molecule has 0 spiro atoms. The number of hydrogen-bond acceptors (Lipinski definition) is 0. The van der Waals surface area contributed by atoms with Gasteiger partial charge in [-0.1, -0.05) is 103 Å². The van der Waals surface area contributed by atoms with Gasteiger partial charge in [0.1, 0.15) is 0 Å². The van der Waals surface area contributed by atoms with Gasteiger partial charge < -0.3 is 0 Å². The molecule has 4 aromatic rings. The molecule has 0 saturated heterocycles. The normalized spacial score (nSPS) is 12.2. The monoisotopic (exact) mass is 322 g/mol. The summed E-state index contributed by atoms with van der Waals surface area (Å²) in [5.74, 6) is 0.422. The second kappa shape index (κ2) is 7.36. The molecule has 0 aliphatic rings. The van der Waals surface area contributed by atoms with Crippen molar-refractivity contribution >= 4 is 10.8 Å². The van der Waals surface area contributed by atoms with Gasteiger partial charge in [0.25, 0.3) is 0 Å². The molecule has 0 heterocycles. The molecule has 1 atom stereocenters. The van der Waals surface area contributed by atoms with Crippen molar-refractivity contribution in [3.05, 3.63) is 120 Å². The molecule has 4 rings (SSSR count). The second-order valence-corrected chi connectivity index (χ2v) is 6.59. The lowest BCUT2D eigenvalue weighted by Gasteiger charge is -2.19. The van der Waals surface area contributed by atoms with E-state index in [9.17, 15) is 0 Å². The first-order valence-corrected chi connectivity index (χ1v) is 8.98. The van der Waals surface area contributed by atoms with Crippen LogP contribution in [-0.4, -0.2) is 0 Å². The van der Waals surface area contributed by atoms with E-state index in [1.165, 1.54) is 27.5 Å². The molecule has 0 nitrogen and oxygen atoms in total. The molecule has 4 aromatic carbocycles. The van der Waals surface area contributed by atoms with Crippen LogP contribution < -0.4 is 0 Å². The molecule has 122 valence electrons. The Morgan fingerprint density at radius 1 is 0.520 bits per heavy atom. The fourth-order valence-corrected chi connectivity index (χ4v) is 3.59. The van der Waals surface area contributed by atoms with Gasteiger partial charge in [0, 0.05) is 5.92 Å². The fourth-order valence-electron chi connectivity index (χ4n) is 3.59. The van der Waals surface area contributed by atoms with E-state index in [0.29, 0.717) is 5.92 Å². The van der Waals surface area contributed by atoms with Crippen molar-refractivity contribution in [3.8, 4) is 0 Å². The molecule has 0 amide bonds. The van der Waals surface area contributed by atoms with Crippen LogP contribution in [0.2, 0.25) is 0 Å². The maximum absolute atomic E-state index is 2.36. The van der Waals surface area contributed by atoms with Crippen molar-refractivity contribution < 1.29 is 0 Å².